The number of unbranched alkanes of at least 4 members (excludes halogenated alkanes) is 4. The number of hydrogen-bond acceptors (Lipinski definition) is 1. The molecule has 0 aliphatic carbocycles. The van der Waals surface area contributed by atoms with Crippen LogP contribution in [-0.4, -0.2) is 0 Å². The van der Waals surface area contributed by atoms with Crippen molar-refractivity contribution < 1.29 is 0 Å². The summed E-state index contributed by atoms with van der Waals surface area (Å²) in [7, 11) is 0. The lowest BCUT2D eigenvalue weighted by Gasteiger charge is -2.14. The molecule has 0 saturated carbocycles. The van der Waals surface area contributed by atoms with Crippen LogP contribution in [0.3, 0.4) is 0 Å². The average molecular weight is 366 g/mol. The van der Waals surface area contributed by atoms with E-state index in [4.69, 9.17) is 17.3 Å². The molecular formula is C14H21ClIN. The molecule has 1 unspecified atom stereocenters. The number of hydrogen-bond donors (Lipinski definition) is 1. The van der Waals surface area contributed by atoms with Crippen LogP contribution in [0.4, 0.5) is 0 Å². The molecule has 0 saturated heterocycles. The van der Waals surface area contributed by atoms with Crippen molar-refractivity contribution >= 4 is 34.2 Å². The van der Waals surface area contributed by atoms with Gasteiger partial charge < -0.3 is 5.73 Å². The monoisotopic (exact) mass is 365 g/mol. The molecule has 1 aromatic rings. The second-order valence-corrected chi connectivity index (χ2v) is 6.07. The van der Waals surface area contributed by atoms with E-state index in [0.29, 0.717) is 0 Å². The highest BCUT2D eigenvalue weighted by atomic mass is 127. The highest BCUT2D eigenvalue weighted by Gasteiger charge is 2.09. The van der Waals surface area contributed by atoms with Crippen LogP contribution in [0.1, 0.15) is 57.1 Å². The zero-order valence-corrected chi connectivity index (χ0v) is 13.3. The molecule has 0 radical (unpaired) electrons. The molecule has 1 rings (SSSR count). The molecule has 1 nitrogen and oxygen atoms in total. The quantitative estimate of drug-likeness (QED) is 0.514. The number of benzene rings is 1. The van der Waals surface area contributed by atoms with Gasteiger partial charge in [-0.1, -0.05) is 50.6 Å². The van der Waals surface area contributed by atoms with Crippen LogP contribution in [-0.2, 0) is 0 Å². The minimum absolute atomic E-state index is 0.127. The zero-order chi connectivity index (χ0) is 12.7. The Hall–Kier alpha value is 0.200. The molecule has 2 N–H and O–H groups in total. The first-order valence-corrected chi connectivity index (χ1v) is 7.81. The number of nitrogens with two attached hydrogens (primary N) is 1. The maximum atomic E-state index is 6.22. The largest absolute Gasteiger partial charge is 0.324 e. The van der Waals surface area contributed by atoms with Gasteiger partial charge in [-0.05, 0) is 52.8 Å². The highest BCUT2D eigenvalue weighted by molar-refractivity contribution is 14.1. The Morgan fingerprint density at radius 2 is 1.94 bits per heavy atom. The van der Waals surface area contributed by atoms with Gasteiger partial charge in [0.1, 0.15) is 0 Å². The van der Waals surface area contributed by atoms with E-state index in [1.54, 1.807) is 0 Å². The van der Waals surface area contributed by atoms with Crippen molar-refractivity contribution in [3.8, 4) is 0 Å². The summed E-state index contributed by atoms with van der Waals surface area (Å²) in [5.74, 6) is 0. The van der Waals surface area contributed by atoms with Gasteiger partial charge in [-0.15, -0.1) is 0 Å². The summed E-state index contributed by atoms with van der Waals surface area (Å²) in [6.45, 7) is 2.24. The number of halogens is 2. The van der Waals surface area contributed by atoms with Gasteiger partial charge in [0.25, 0.3) is 0 Å². The SMILES string of the molecule is CCCCCCCC(N)c1cc(Cl)ccc1I. The molecule has 3 heteroatoms. The Labute approximate surface area is 123 Å². The highest BCUT2D eigenvalue weighted by Crippen LogP contribution is 2.25. The topological polar surface area (TPSA) is 26.0 Å². The molecule has 0 aliphatic rings. The molecule has 0 bridgehead atoms. The standard InChI is InChI=1S/C14H21ClIN/c1-2-3-4-5-6-7-14(17)12-10-11(15)8-9-13(12)16/h8-10,14H,2-7,17H2,1H3. The molecule has 0 aliphatic heterocycles. The van der Waals surface area contributed by atoms with Crippen LogP contribution in [0.2, 0.25) is 5.02 Å². The normalized spacial score (nSPS) is 12.7. The van der Waals surface area contributed by atoms with E-state index in [2.05, 4.69) is 29.5 Å². The molecular weight excluding hydrogens is 345 g/mol. The van der Waals surface area contributed by atoms with E-state index < -0.39 is 0 Å². The average Bonchev–Trinajstić information content (AvgIpc) is 2.32. The van der Waals surface area contributed by atoms with E-state index in [-0.39, 0.29) is 6.04 Å². The van der Waals surface area contributed by atoms with Gasteiger partial charge in [-0.2, -0.15) is 0 Å². The molecule has 1 aromatic carbocycles. The Morgan fingerprint density at radius 1 is 1.24 bits per heavy atom. The van der Waals surface area contributed by atoms with Gasteiger partial charge in [0, 0.05) is 14.6 Å². The molecule has 0 amide bonds. The molecule has 0 fully saturated rings. The molecule has 96 valence electrons. The predicted octanol–water partition coefficient (Wildman–Crippen LogP) is 5.30. The minimum Gasteiger partial charge on any atom is -0.324 e. The molecule has 17 heavy (non-hydrogen) atoms. The Morgan fingerprint density at radius 3 is 2.65 bits per heavy atom. The van der Waals surface area contributed by atoms with Gasteiger partial charge in [-0.3, -0.25) is 0 Å². The van der Waals surface area contributed by atoms with Gasteiger partial charge in [0.2, 0.25) is 0 Å². The van der Waals surface area contributed by atoms with Crippen LogP contribution >= 0.6 is 34.2 Å². The minimum atomic E-state index is 0.127. The smallest absolute Gasteiger partial charge is 0.0410 e. The summed E-state index contributed by atoms with van der Waals surface area (Å²) in [6, 6.07) is 6.08. The maximum Gasteiger partial charge on any atom is 0.0410 e. The Kier molecular flexibility index (Phi) is 7.47. The molecule has 0 spiro atoms. The van der Waals surface area contributed by atoms with Gasteiger partial charge in [0.05, 0.1) is 0 Å². The van der Waals surface area contributed by atoms with E-state index in [0.717, 1.165) is 11.4 Å². The summed E-state index contributed by atoms with van der Waals surface area (Å²) in [6.07, 6.45) is 7.51. The maximum absolute atomic E-state index is 6.22. The Bertz CT molecular complexity index is 341. The summed E-state index contributed by atoms with van der Waals surface area (Å²) >= 11 is 8.33. The van der Waals surface area contributed by atoms with Gasteiger partial charge in [0.15, 0.2) is 0 Å². The lowest BCUT2D eigenvalue weighted by atomic mass is 10.0. The first-order chi connectivity index (χ1) is 8.15. The third kappa shape index (κ3) is 5.58. The first-order valence-electron chi connectivity index (χ1n) is 6.35. The lowest BCUT2D eigenvalue weighted by Crippen LogP contribution is -2.11. The number of rotatable bonds is 7. The van der Waals surface area contributed by atoms with Crippen molar-refractivity contribution in [2.24, 2.45) is 5.73 Å². The first kappa shape index (κ1) is 15.3. The summed E-state index contributed by atoms with van der Waals surface area (Å²) in [4.78, 5) is 0. The van der Waals surface area contributed by atoms with Crippen molar-refractivity contribution in [1.82, 2.24) is 0 Å². The van der Waals surface area contributed by atoms with Crippen LogP contribution in [0.5, 0.6) is 0 Å². The fourth-order valence-electron chi connectivity index (χ4n) is 1.92. The third-order valence-electron chi connectivity index (χ3n) is 2.98. The van der Waals surface area contributed by atoms with Crippen molar-refractivity contribution in [1.29, 1.82) is 0 Å². The molecule has 0 heterocycles. The van der Waals surface area contributed by atoms with Crippen molar-refractivity contribution in [3.63, 3.8) is 0 Å². The van der Waals surface area contributed by atoms with E-state index in [1.165, 1.54) is 41.2 Å². The van der Waals surface area contributed by atoms with E-state index in [9.17, 15) is 0 Å². The van der Waals surface area contributed by atoms with E-state index >= 15 is 0 Å². The molecule has 1 atom stereocenters. The van der Waals surface area contributed by atoms with Crippen molar-refractivity contribution in [2.75, 3.05) is 0 Å². The second kappa shape index (κ2) is 8.33. The zero-order valence-electron chi connectivity index (χ0n) is 10.4. The van der Waals surface area contributed by atoms with Crippen molar-refractivity contribution in [3.05, 3.63) is 32.4 Å². The third-order valence-corrected chi connectivity index (χ3v) is 4.19. The molecule has 0 aromatic heterocycles. The fourth-order valence-corrected chi connectivity index (χ4v) is 2.84. The fraction of sp³-hybridized carbons (Fsp3) is 0.571. The van der Waals surface area contributed by atoms with Crippen LogP contribution < -0.4 is 5.73 Å². The van der Waals surface area contributed by atoms with Gasteiger partial charge >= 0.3 is 0 Å². The van der Waals surface area contributed by atoms with Crippen LogP contribution in [0, 0.1) is 3.57 Å². The van der Waals surface area contributed by atoms with E-state index in [1.807, 2.05) is 18.2 Å². The summed E-state index contributed by atoms with van der Waals surface area (Å²) in [5.41, 5.74) is 7.40. The van der Waals surface area contributed by atoms with Crippen LogP contribution in [0.25, 0.3) is 0 Å². The predicted molar refractivity (Wildman–Crippen MR) is 84.5 cm³/mol. The Balaban J connectivity index is 2.41. The second-order valence-electron chi connectivity index (χ2n) is 4.48. The van der Waals surface area contributed by atoms with Crippen LogP contribution in [0.15, 0.2) is 18.2 Å². The van der Waals surface area contributed by atoms with Gasteiger partial charge in [-0.25, -0.2) is 0 Å². The lowest BCUT2D eigenvalue weighted by molar-refractivity contribution is 0.554. The summed E-state index contributed by atoms with van der Waals surface area (Å²) in [5, 5.41) is 0.779. The van der Waals surface area contributed by atoms with Crippen molar-refractivity contribution in [2.45, 2.75) is 51.5 Å². The summed E-state index contributed by atoms with van der Waals surface area (Å²) < 4.78 is 1.22.